The molecule has 0 spiro atoms. The lowest BCUT2D eigenvalue weighted by Crippen LogP contribution is -2.42. The zero-order valence-corrected chi connectivity index (χ0v) is 10.8. The Labute approximate surface area is 106 Å². The molecule has 3 rings (SSSR count). The first-order valence-corrected chi connectivity index (χ1v) is 6.32. The predicted molar refractivity (Wildman–Crippen MR) is 69.1 cm³/mol. The molecule has 2 aromatic heterocycles. The van der Waals surface area contributed by atoms with Crippen LogP contribution in [0.3, 0.4) is 0 Å². The molecule has 0 saturated carbocycles. The maximum Gasteiger partial charge on any atom is 0.158 e. The van der Waals surface area contributed by atoms with Crippen LogP contribution in [0.1, 0.15) is 30.3 Å². The highest BCUT2D eigenvalue weighted by Crippen LogP contribution is 2.33. The minimum absolute atomic E-state index is 0.278. The number of fused-ring (bicyclic) bond motifs is 1. The number of hydrogen-bond acceptors (Lipinski definition) is 5. The summed E-state index contributed by atoms with van der Waals surface area (Å²) in [5.41, 5.74) is 7.66. The molecule has 1 saturated heterocycles. The Hall–Kier alpha value is -1.46. The standard InChI is InChI=1S/C13H18N4O/c1-8-13-9(6-15-16-8)5-12(18-13)11-4-3-10(14)7-17(11)2/h5-6,10-11H,3-4,7,14H2,1-2H3. The Balaban J connectivity index is 1.97. The van der Waals surface area contributed by atoms with Crippen molar-refractivity contribution in [3.8, 4) is 0 Å². The maximum atomic E-state index is 5.97. The summed E-state index contributed by atoms with van der Waals surface area (Å²) in [7, 11) is 2.10. The van der Waals surface area contributed by atoms with Crippen molar-refractivity contribution in [1.29, 1.82) is 0 Å². The van der Waals surface area contributed by atoms with E-state index < -0.39 is 0 Å². The molecule has 5 nitrogen and oxygen atoms in total. The monoisotopic (exact) mass is 246 g/mol. The van der Waals surface area contributed by atoms with Crippen LogP contribution in [0, 0.1) is 6.92 Å². The minimum Gasteiger partial charge on any atom is -0.457 e. The van der Waals surface area contributed by atoms with Crippen molar-refractivity contribution in [2.75, 3.05) is 13.6 Å². The fraction of sp³-hybridized carbons (Fsp3) is 0.538. The van der Waals surface area contributed by atoms with Gasteiger partial charge in [0.15, 0.2) is 5.58 Å². The van der Waals surface area contributed by atoms with Gasteiger partial charge < -0.3 is 10.2 Å². The quantitative estimate of drug-likeness (QED) is 0.828. The molecule has 1 aliphatic heterocycles. The number of hydrogen-bond donors (Lipinski definition) is 1. The lowest BCUT2D eigenvalue weighted by molar-refractivity contribution is 0.151. The zero-order chi connectivity index (χ0) is 12.7. The summed E-state index contributed by atoms with van der Waals surface area (Å²) in [6.07, 6.45) is 3.84. The van der Waals surface area contributed by atoms with E-state index in [4.69, 9.17) is 10.2 Å². The van der Waals surface area contributed by atoms with E-state index in [-0.39, 0.29) is 6.04 Å². The van der Waals surface area contributed by atoms with E-state index in [9.17, 15) is 0 Å². The number of piperidine rings is 1. The number of likely N-dealkylation sites (tertiary alicyclic amines) is 1. The van der Waals surface area contributed by atoms with Gasteiger partial charge in [-0.2, -0.15) is 10.2 Å². The van der Waals surface area contributed by atoms with Gasteiger partial charge in [-0.3, -0.25) is 4.90 Å². The summed E-state index contributed by atoms with van der Waals surface area (Å²) >= 11 is 0. The molecule has 0 aromatic carbocycles. The third-order valence-electron chi connectivity index (χ3n) is 3.71. The second-order valence-corrected chi connectivity index (χ2v) is 5.16. The van der Waals surface area contributed by atoms with Gasteiger partial charge in [0.2, 0.25) is 0 Å². The first-order chi connectivity index (χ1) is 8.65. The van der Waals surface area contributed by atoms with Crippen LogP contribution < -0.4 is 5.73 Å². The average Bonchev–Trinajstić information content (AvgIpc) is 2.74. The topological polar surface area (TPSA) is 68.2 Å². The fourth-order valence-corrected chi connectivity index (χ4v) is 2.73. The molecule has 96 valence electrons. The molecule has 2 unspecified atom stereocenters. The van der Waals surface area contributed by atoms with E-state index in [1.54, 1.807) is 6.20 Å². The van der Waals surface area contributed by atoms with Crippen LogP contribution in [-0.4, -0.2) is 34.7 Å². The molecule has 2 aromatic rings. The van der Waals surface area contributed by atoms with E-state index in [1.165, 1.54) is 0 Å². The van der Waals surface area contributed by atoms with Crippen LogP contribution in [-0.2, 0) is 0 Å². The van der Waals surface area contributed by atoms with Crippen LogP contribution in [0.25, 0.3) is 11.0 Å². The van der Waals surface area contributed by atoms with Gasteiger partial charge in [0, 0.05) is 18.0 Å². The lowest BCUT2D eigenvalue weighted by atomic mass is 9.98. The van der Waals surface area contributed by atoms with Crippen molar-refractivity contribution in [2.45, 2.75) is 31.8 Å². The molecule has 18 heavy (non-hydrogen) atoms. The Bertz CT molecular complexity index is 565. The third-order valence-corrected chi connectivity index (χ3v) is 3.71. The van der Waals surface area contributed by atoms with Crippen molar-refractivity contribution in [3.05, 3.63) is 23.7 Å². The maximum absolute atomic E-state index is 5.97. The fourth-order valence-electron chi connectivity index (χ4n) is 2.73. The Morgan fingerprint density at radius 2 is 2.28 bits per heavy atom. The van der Waals surface area contributed by atoms with Gasteiger partial charge in [-0.25, -0.2) is 0 Å². The molecular weight excluding hydrogens is 228 g/mol. The second kappa shape index (κ2) is 4.33. The highest BCUT2D eigenvalue weighted by atomic mass is 16.3. The van der Waals surface area contributed by atoms with E-state index in [2.05, 4.69) is 28.2 Å². The number of rotatable bonds is 1. The van der Waals surface area contributed by atoms with Crippen molar-refractivity contribution in [3.63, 3.8) is 0 Å². The molecule has 0 aliphatic carbocycles. The van der Waals surface area contributed by atoms with Crippen LogP contribution in [0.15, 0.2) is 16.7 Å². The molecule has 5 heteroatoms. The van der Waals surface area contributed by atoms with Crippen LogP contribution in [0.5, 0.6) is 0 Å². The summed E-state index contributed by atoms with van der Waals surface area (Å²) < 4.78 is 5.96. The third kappa shape index (κ3) is 1.89. The average molecular weight is 246 g/mol. The Kier molecular flexibility index (Phi) is 2.80. The van der Waals surface area contributed by atoms with Crippen molar-refractivity contribution < 1.29 is 4.42 Å². The van der Waals surface area contributed by atoms with Crippen LogP contribution in [0.4, 0.5) is 0 Å². The summed E-state index contributed by atoms with van der Waals surface area (Å²) in [6.45, 7) is 2.83. The first kappa shape index (κ1) is 11.6. The van der Waals surface area contributed by atoms with Gasteiger partial charge in [0.1, 0.15) is 11.5 Å². The number of likely N-dealkylation sites (N-methyl/N-ethyl adjacent to an activating group) is 1. The Morgan fingerprint density at radius 3 is 3.00 bits per heavy atom. The number of aryl methyl sites for hydroxylation is 1. The lowest BCUT2D eigenvalue weighted by Gasteiger charge is -2.34. The van der Waals surface area contributed by atoms with Crippen molar-refractivity contribution in [1.82, 2.24) is 15.1 Å². The summed E-state index contributed by atoms with van der Waals surface area (Å²) in [4.78, 5) is 2.27. The highest BCUT2D eigenvalue weighted by Gasteiger charge is 2.27. The van der Waals surface area contributed by atoms with E-state index >= 15 is 0 Å². The predicted octanol–water partition coefficient (Wildman–Crippen LogP) is 1.63. The van der Waals surface area contributed by atoms with Gasteiger partial charge in [-0.15, -0.1) is 0 Å². The van der Waals surface area contributed by atoms with Gasteiger partial charge in [-0.05, 0) is 32.9 Å². The van der Waals surface area contributed by atoms with Crippen molar-refractivity contribution >= 4 is 11.0 Å². The number of nitrogens with two attached hydrogens (primary N) is 1. The highest BCUT2D eigenvalue weighted by molar-refractivity contribution is 5.78. The molecule has 3 heterocycles. The largest absolute Gasteiger partial charge is 0.457 e. The SMILES string of the molecule is Cc1nncc2cc(C3CCC(N)CN3C)oc12. The number of nitrogens with zero attached hydrogens (tertiary/aromatic N) is 3. The van der Waals surface area contributed by atoms with E-state index in [0.29, 0.717) is 6.04 Å². The van der Waals surface area contributed by atoms with Gasteiger partial charge >= 0.3 is 0 Å². The molecule has 0 radical (unpaired) electrons. The minimum atomic E-state index is 0.278. The van der Waals surface area contributed by atoms with Crippen molar-refractivity contribution in [2.24, 2.45) is 5.73 Å². The van der Waals surface area contributed by atoms with Gasteiger partial charge in [-0.1, -0.05) is 0 Å². The molecule has 1 fully saturated rings. The molecule has 2 N–H and O–H groups in total. The summed E-state index contributed by atoms with van der Waals surface area (Å²) in [6, 6.07) is 2.67. The van der Waals surface area contributed by atoms with E-state index in [0.717, 1.165) is 41.8 Å². The van der Waals surface area contributed by atoms with E-state index in [1.807, 2.05) is 6.92 Å². The summed E-state index contributed by atoms with van der Waals surface area (Å²) in [5.74, 6) is 0.998. The molecular formula is C13H18N4O. The molecule has 0 bridgehead atoms. The first-order valence-electron chi connectivity index (χ1n) is 6.32. The number of aromatic nitrogens is 2. The van der Waals surface area contributed by atoms with Crippen LogP contribution in [0.2, 0.25) is 0 Å². The zero-order valence-electron chi connectivity index (χ0n) is 10.8. The normalized spacial score (nSPS) is 25.7. The second-order valence-electron chi connectivity index (χ2n) is 5.16. The van der Waals surface area contributed by atoms with Gasteiger partial charge in [0.25, 0.3) is 0 Å². The summed E-state index contributed by atoms with van der Waals surface area (Å²) in [5, 5.41) is 9.01. The Morgan fingerprint density at radius 1 is 1.44 bits per heavy atom. The molecule has 0 amide bonds. The number of furan rings is 1. The smallest absolute Gasteiger partial charge is 0.158 e. The molecule has 1 aliphatic rings. The molecule has 2 atom stereocenters. The van der Waals surface area contributed by atoms with Crippen LogP contribution >= 0.6 is 0 Å². The van der Waals surface area contributed by atoms with Gasteiger partial charge in [0.05, 0.1) is 12.2 Å².